The standard InChI is InChI=1S/C24H17N5O5/c1-13-8-9-16-18(11-13)27-24(26-16)28-20(17-7-2-3-10-25-17)19(22(31)23(28)32)21(30)14-5-4-6-15(12-14)29(33)34/h2-12,20,30H,1H3,(H,26,27)/b21-19+. The number of aliphatic hydroxyl groups is 1. The summed E-state index contributed by atoms with van der Waals surface area (Å²) in [7, 11) is 0. The van der Waals surface area contributed by atoms with E-state index in [9.17, 15) is 24.8 Å². The molecule has 1 amide bonds. The highest BCUT2D eigenvalue weighted by Gasteiger charge is 2.48. The molecule has 1 unspecified atom stereocenters. The molecular weight excluding hydrogens is 438 g/mol. The van der Waals surface area contributed by atoms with Gasteiger partial charge in [0.25, 0.3) is 11.5 Å². The van der Waals surface area contributed by atoms with Crippen molar-refractivity contribution in [2.45, 2.75) is 13.0 Å². The topological polar surface area (TPSA) is 142 Å². The normalized spacial score (nSPS) is 17.4. The Morgan fingerprint density at radius 1 is 1.12 bits per heavy atom. The molecule has 1 saturated heterocycles. The second kappa shape index (κ2) is 7.93. The zero-order valence-corrected chi connectivity index (χ0v) is 17.8. The Kier molecular flexibility index (Phi) is 4.90. The van der Waals surface area contributed by atoms with Gasteiger partial charge in [-0.2, -0.15) is 0 Å². The number of carbonyl (C=O) groups excluding carboxylic acids is 2. The first-order chi connectivity index (χ1) is 16.3. The van der Waals surface area contributed by atoms with Gasteiger partial charge in [0.15, 0.2) is 0 Å². The lowest BCUT2D eigenvalue weighted by molar-refractivity contribution is -0.384. The highest BCUT2D eigenvalue weighted by Crippen LogP contribution is 2.41. The number of anilines is 1. The van der Waals surface area contributed by atoms with Crippen molar-refractivity contribution in [3.8, 4) is 0 Å². The van der Waals surface area contributed by atoms with Crippen LogP contribution in [0.1, 0.15) is 22.9 Å². The third-order valence-electron chi connectivity index (χ3n) is 5.60. The molecule has 0 radical (unpaired) electrons. The van der Waals surface area contributed by atoms with Crippen LogP contribution < -0.4 is 4.90 Å². The summed E-state index contributed by atoms with van der Waals surface area (Å²) in [5, 5.41) is 22.3. The van der Waals surface area contributed by atoms with Gasteiger partial charge >= 0.3 is 5.91 Å². The van der Waals surface area contributed by atoms with Gasteiger partial charge < -0.3 is 10.1 Å². The number of hydrogen-bond donors (Lipinski definition) is 2. The number of amides is 1. The van der Waals surface area contributed by atoms with E-state index in [2.05, 4.69) is 15.0 Å². The second-order valence-corrected chi connectivity index (χ2v) is 7.81. The lowest BCUT2D eigenvalue weighted by Gasteiger charge is -2.22. The monoisotopic (exact) mass is 455 g/mol. The van der Waals surface area contributed by atoms with Crippen LogP contribution in [0.2, 0.25) is 0 Å². The first kappa shape index (κ1) is 21.0. The number of Topliss-reactive ketones (excluding diaryl/α,β-unsaturated/α-hetero) is 1. The van der Waals surface area contributed by atoms with Crippen LogP contribution in [0.15, 0.2) is 72.4 Å². The fraction of sp³-hybridized carbons (Fsp3) is 0.0833. The number of benzene rings is 2. The maximum Gasteiger partial charge on any atom is 0.302 e. The van der Waals surface area contributed by atoms with Gasteiger partial charge in [0, 0.05) is 23.9 Å². The number of imidazole rings is 1. The largest absolute Gasteiger partial charge is 0.507 e. The molecule has 10 heteroatoms. The van der Waals surface area contributed by atoms with Crippen molar-refractivity contribution in [2.75, 3.05) is 4.90 Å². The molecule has 1 aliphatic rings. The molecule has 0 aliphatic carbocycles. The molecular formula is C24H17N5O5. The maximum atomic E-state index is 13.2. The Morgan fingerprint density at radius 2 is 1.94 bits per heavy atom. The molecule has 2 aromatic carbocycles. The summed E-state index contributed by atoms with van der Waals surface area (Å²) >= 11 is 0. The molecule has 0 spiro atoms. The number of aliphatic hydroxyl groups excluding tert-OH is 1. The molecule has 5 rings (SSSR count). The number of ketones is 1. The van der Waals surface area contributed by atoms with E-state index in [4.69, 9.17) is 0 Å². The Morgan fingerprint density at radius 3 is 2.68 bits per heavy atom. The minimum atomic E-state index is -1.10. The van der Waals surface area contributed by atoms with E-state index in [1.165, 1.54) is 24.4 Å². The van der Waals surface area contributed by atoms with Gasteiger partial charge in [-0.05, 0) is 36.8 Å². The van der Waals surface area contributed by atoms with Crippen LogP contribution in [0.4, 0.5) is 11.6 Å². The van der Waals surface area contributed by atoms with Gasteiger partial charge in [0.05, 0.1) is 27.2 Å². The van der Waals surface area contributed by atoms with Crippen LogP contribution in [0.3, 0.4) is 0 Å². The lowest BCUT2D eigenvalue weighted by Crippen LogP contribution is -2.30. The van der Waals surface area contributed by atoms with Crippen molar-refractivity contribution >= 4 is 40.1 Å². The van der Waals surface area contributed by atoms with E-state index < -0.39 is 28.4 Å². The summed E-state index contributed by atoms with van der Waals surface area (Å²) in [6.45, 7) is 1.92. The fourth-order valence-corrected chi connectivity index (χ4v) is 4.01. The summed E-state index contributed by atoms with van der Waals surface area (Å²) in [5.74, 6) is -2.27. The number of non-ortho nitro benzene ring substituents is 1. The van der Waals surface area contributed by atoms with Crippen molar-refractivity contribution in [3.05, 3.63) is 99.4 Å². The number of aryl methyl sites for hydroxylation is 1. The van der Waals surface area contributed by atoms with Crippen LogP contribution >= 0.6 is 0 Å². The van der Waals surface area contributed by atoms with E-state index in [0.717, 1.165) is 16.5 Å². The summed E-state index contributed by atoms with van der Waals surface area (Å²) in [6, 6.07) is 14.7. The van der Waals surface area contributed by atoms with Crippen LogP contribution in [0.5, 0.6) is 0 Å². The Bertz CT molecular complexity index is 1510. The van der Waals surface area contributed by atoms with Gasteiger partial charge in [-0.15, -0.1) is 0 Å². The van der Waals surface area contributed by atoms with E-state index in [1.807, 2.05) is 19.1 Å². The van der Waals surface area contributed by atoms with Crippen molar-refractivity contribution in [1.29, 1.82) is 0 Å². The number of nitrogens with one attached hydrogen (secondary N) is 1. The number of carbonyl (C=O) groups is 2. The predicted octanol–water partition coefficient (Wildman–Crippen LogP) is 3.80. The van der Waals surface area contributed by atoms with Crippen molar-refractivity contribution in [1.82, 2.24) is 15.0 Å². The highest BCUT2D eigenvalue weighted by atomic mass is 16.6. The average molecular weight is 455 g/mol. The Labute approximate surface area is 192 Å². The highest BCUT2D eigenvalue weighted by molar-refractivity contribution is 6.51. The average Bonchev–Trinajstić information content (AvgIpc) is 3.37. The number of nitrogens with zero attached hydrogens (tertiary/aromatic N) is 4. The van der Waals surface area contributed by atoms with Gasteiger partial charge in [-0.3, -0.25) is 29.6 Å². The Balaban J connectivity index is 1.72. The van der Waals surface area contributed by atoms with Gasteiger partial charge in [0.2, 0.25) is 5.95 Å². The van der Waals surface area contributed by atoms with E-state index in [-0.39, 0.29) is 22.8 Å². The SMILES string of the molecule is Cc1ccc2nc(N3C(=O)C(=O)/C(=C(/O)c4cccc([N+](=O)[O-])c4)C3c3ccccn3)[nH]c2c1. The van der Waals surface area contributed by atoms with Crippen molar-refractivity contribution in [2.24, 2.45) is 0 Å². The smallest absolute Gasteiger partial charge is 0.302 e. The summed E-state index contributed by atoms with van der Waals surface area (Å²) in [4.78, 5) is 50.0. The van der Waals surface area contributed by atoms with Crippen LogP contribution in [-0.4, -0.2) is 36.7 Å². The molecule has 0 saturated carbocycles. The number of aromatic nitrogens is 3. The maximum absolute atomic E-state index is 13.2. The number of aromatic amines is 1. The van der Waals surface area contributed by atoms with E-state index in [1.54, 1.807) is 24.3 Å². The minimum Gasteiger partial charge on any atom is -0.507 e. The number of hydrogen-bond acceptors (Lipinski definition) is 7. The molecule has 2 N–H and O–H groups in total. The molecule has 3 heterocycles. The molecule has 0 bridgehead atoms. The molecule has 168 valence electrons. The molecule has 1 fully saturated rings. The van der Waals surface area contributed by atoms with Crippen LogP contribution in [0, 0.1) is 17.0 Å². The fourth-order valence-electron chi connectivity index (χ4n) is 4.01. The number of nitro benzene ring substituents is 1. The molecule has 4 aromatic rings. The quantitative estimate of drug-likeness (QED) is 0.157. The number of pyridine rings is 1. The van der Waals surface area contributed by atoms with Gasteiger partial charge in [-0.25, -0.2) is 4.98 Å². The number of nitro groups is 1. The van der Waals surface area contributed by atoms with Crippen LogP contribution in [0.25, 0.3) is 16.8 Å². The first-order valence-electron chi connectivity index (χ1n) is 10.3. The molecule has 2 aromatic heterocycles. The van der Waals surface area contributed by atoms with E-state index in [0.29, 0.717) is 16.7 Å². The number of rotatable bonds is 4. The third kappa shape index (κ3) is 3.37. The summed E-state index contributed by atoms with van der Waals surface area (Å²) in [5.41, 5.74) is 2.12. The van der Waals surface area contributed by atoms with Gasteiger partial charge in [-0.1, -0.05) is 24.3 Å². The number of fused-ring (bicyclic) bond motifs is 1. The zero-order chi connectivity index (χ0) is 24.0. The van der Waals surface area contributed by atoms with E-state index >= 15 is 0 Å². The Hall–Kier alpha value is -4.86. The first-order valence-corrected chi connectivity index (χ1v) is 10.3. The third-order valence-corrected chi connectivity index (χ3v) is 5.60. The van der Waals surface area contributed by atoms with Crippen molar-refractivity contribution in [3.63, 3.8) is 0 Å². The van der Waals surface area contributed by atoms with Crippen molar-refractivity contribution < 1.29 is 19.6 Å². The molecule has 1 atom stereocenters. The predicted molar refractivity (Wildman–Crippen MR) is 123 cm³/mol. The number of H-pyrrole nitrogens is 1. The second-order valence-electron chi connectivity index (χ2n) is 7.81. The zero-order valence-electron chi connectivity index (χ0n) is 17.8. The molecule has 1 aliphatic heterocycles. The molecule has 10 nitrogen and oxygen atoms in total. The lowest BCUT2D eigenvalue weighted by atomic mass is 9.98. The summed E-state index contributed by atoms with van der Waals surface area (Å²) < 4.78 is 0. The summed E-state index contributed by atoms with van der Waals surface area (Å²) in [6.07, 6.45) is 1.50. The molecule has 34 heavy (non-hydrogen) atoms. The van der Waals surface area contributed by atoms with Gasteiger partial charge in [0.1, 0.15) is 11.8 Å². The van der Waals surface area contributed by atoms with Crippen LogP contribution in [-0.2, 0) is 9.59 Å². The minimum absolute atomic E-state index is 0.0355.